The monoisotopic (exact) mass is 373 g/mol. The topological polar surface area (TPSA) is 60.0 Å². The molecular formula is C20H28ClN5. The highest BCUT2D eigenvalue weighted by Gasteiger charge is 2.10. The maximum atomic E-state index is 5.81. The zero-order valence-corrected chi connectivity index (χ0v) is 16.3. The molecule has 2 heterocycles. The van der Waals surface area contributed by atoms with Crippen molar-refractivity contribution in [3.63, 3.8) is 0 Å². The minimum Gasteiger partial charge on any atom is -0.329 e. The van der Waals surface area contributed by atoms with Crippen LogP contribution in [0.2, 0.25) is 0 Å². The van der Waals surface area contributed by atoms with E-state index in [2.05, 4.69) is 65.2 Å². The van der Waals surface area contributed by atoms with Gasteiger partial charge in [-0.05, 0) is 37.5 Å². The van der Waals surface area contributed by atoms with Crippen LogP contribution in [-0.4, -0.2) is 39.3 Å². The Morgan fingerprint density at radius 3 is 2.54 bits per heavy atom. The molecule has 5 nitrogen and oxygen atoms in total. The minimum absolute atomic E-state index is 0. The van der Waals surface area contributed by atoms with Crippen molar-refractivity contribution in [1.82, 2.24) is 19.7 Å². The Morgan fingerprint density at radius 2 is 1.85 bits per heavy atom. The minimum atomic E-state index is 0. The summed E-state index contributed by atoms with van der Waals surface area (Å²) >= 11 is 0. The summed E-state index contributed by atoms with van der Waals surface area (Å²) in [5, 5.41) is 5.55. The number of rotatable bonds is 8. The van der Waals surface area contributed by atoms with Crippen molar-refractivity contribution in [3.05, 3.63) is 59.9 Å². The number of pyridine rings is 1. The molecular weight excluding hydrogens is 346 g/mol. The second-order valence-electron chi connectivity index (χ2n) is 6.74. The third-order valence-electron chi connectivity index (χ3n) is 4.39. The number of nitrogens with zero attached hydrogens (tertiary/aromatic N) is 4. The van der Waals surface area contributed by atoms with E-state index in [1.807, 2.05) is 17.1 Å². The number of aromatic nitrogens is 3. The van der Waals surface area contributed by atoms with Gasteiger partial charge in [0.25, 0.3) is 0 Å². The van der Waals surface area contributed by atoms with Crippen molar-refractivity contribution in [1.29, 1.82) is 0 Å². The van der Waals surface area contributed by atoms with Crippen LogP contribution in [0.3, 0.4) is 0 Å². The Bertz CT molecular complexity index is 800. The number of benzene rings is 1. The standard InChI is InChI=1S/C20H27N5.ClH/c1-16(2)25-20-19(14-23-25)12-18(13-22-20)15-24(11-9-21)10-8-17-6-4-3-5-7-17;/h3-7,12-14,16H,8-11,15,21H2,1-2H3;1H. The van der Waals surface area contributed by atoms with E-state index < -0.39 is 0 Å². The van der Waals surface area contributed by atoms with Crippen LogP contribution >= 0.6 is 12.4 Å². The van der Waals surface area contributed by atoms with Gasteiger partial charge in [-0.2, -0.15) is 5.10 Å². The van der Waals surface area contributed by atoms with Crippen LogP contribution in [0.1, 0.15) is 31.0 Å². The third-order valence-corrected chi connectivity index (χ3v) is 4.39. The third kappa shape index (κ3) is 5.04. The largest absolute Gasteiger partial charge is 0.329 e. The average molecular weight is 374 g/mol. The number of fused-ring (bicyclic) bond motifs is 1. The molecule has 0 atom stereocenters. The lowest BCUT2D eigenvalue weighted by Gasteiger charge is -2.21. The van der Waals surface area contributed by atoms with Crippen molar-refractivity contribution in [2.75, 3.05) is 19.6 Å². The lowest BCUT2D eigenvalue weighted by atomic mass is 10.1. The van der Waals surface area contributed by atoms with E-state index >= 15 is 0 Å². The fraction of sp³-hybridized carbons (Fsp3) is 0.400. The first-order valence-corrected chi connectivity index (χ1v) is 8.96. The van der Waals surface area contributed by atoms with E-state index in [-0.39, 0.29) is 12.4 Å². The maximum Gasteiger partial charge on any atom is 0.157 e. The molecule has 26 heavy (non-hydrogen) atoms. The zero-order chi connectivity index (χ0) is 17.6. The molecule has 0 bridgehead atoms. The van der Waals surface area contributed by atoms with E-state index in [1.54, 1.807) is 0 Å². The summed E-state index contributed by atoms with van der Waals surface area (Å²) in [5.74, 6) is 0. The first-order chi connectivity index (χ1) is 12.2. The molecule has 3 rings (SSSR count). The number of halogens is 1. The SMILES string of the molecule is CC(C)n1ncc2cc(CN(CCN)CCc3ccccc3)cnc21.Cl. The lowest BCUT2D eigenvalue weighted by Crippen LogP contribution is -2.31. The van der Waals surface area contributed by atoms with Gasteiger partial charge in [-0.15, -0.1) is 12.4 Å². The van der Waals surface area contributed by atoms with Crippen LogP contribution < -0.4 is 5.73 Å². The van der Waals surface area contributed by atoms with Gasteiger partial charge in [0.1, 0.15) is 0 Å². The van der Waals surface area contributed by atoms with Gasteiger partial charge in [-0.25, -0.2) is 9.67 Å². The van der Waals surface area contributed by atoms with Crippen molar-refractivity contribution in [2.45, 2.75) is 32.9 Å². The highest BCUT2D eigenvalue weighted by atomic mass is 35.5. The molecule has 0 aliphatic heterocycles. The van der Waals surface area contributed by atoms with Gasteiger partial charge in [0.05, 0.1) is 6.20 Å². The molecule has 6 heteroatoms. The molecule has 0 radical (unpaired) electrons. The Labute approximate surface area is 161 Å². The number of hydrogen-bond donors (Lipinski definition) is 1. The van der Waals surface area contributed by atoms with Gasteiger partial charge in [-0.3, -0.25) is 4.90 Å². The first-order valence-electron chi connectivity index (χ1n) is 8.96. The Balaban J connectivity index is 0.00000243. The van der Waals surface area contributed by atoms with Crippen LogP contribution in [0.5, 0.6) is 0 Å². The van der Waals surface area contributed by atoms with E-state index in [0.29, 0.717) is 12.6 Å². The molecule has 3 aromatic rings. The Hall–Kier alpha value is -1.95. The predicted molar refractivity (Wildman–Crippen MR) is 110 cm³/mol. The Morgan fingerprint density at radius 1 is 1.08 bits per heavy atom. The van der Waals surface area contributed by atoms with Crippen LogP contribution in [0, 0.1) is 0 Å². The maximum absolute atomic E-state index is 5.81. The summed E-state index contributed by atoms with van der Waals surface area (Å²) in [7, 11) is 0. The van der Waals surface area contributed by atoms with Gasteiger partial charge < -0.3 is 5.73 Å². The van der Waals surface area contributed by atoms with E-state index in [9.17, 15) is 0 Å². The zero-order valence-electron chi connectivity index (χ0n) is 15.5. The van der Waals surface area contributed by atoms with Crippen molar-refractivity contribution >= 4 is 23.4 Å². The normalized spacial score (nSPS) is 11.3. The number of hydrogen-bond acceptors (Lipinski definition) is 4. The van der Waals surface area contributed by atoms with Crippen LogP contribution in [0.25, 0.3) is 11.0 Å². The van der Waals surface area contributed by atoms with Crippen molar-refractivity contribution < 1.29 is 0 Å². The smallest absolute Gasteiger partial charge is 0.157 e. The molecule has 0 unspecified atom stereocenters. The average Bonchev–Trinajstić information content (AvgIpc) is 3.04. The van der Waals surface area contributed by atoms with Gasteiger partial charge in [0.2, 0.25) is 0 Å². The molecule has 0 aliphatic carbocycles. The fourth-order valence-electron chi connectivity index (χ4n) is 3.09. The molecule has 2 N–H and O–H groups in total. The first kappa shape index (κ1) is 20.4. The van der Waals surface area contributed by atoms with Gasteiger partial charge >= 0.3 is 0 Å². The van der Waals surface area contributed by atoms with Crippen LogP contribution in [0.15, 0.2) is 48.8 Å². The highest BCUT2D eigenvalue weighted by molar-refractivity contribution is 5.85. The van der Waals surface area contributed by atoms with Gasteiger partial charge in [0.15, 0.2) is 5.65 Å². The molecule has 0 aliphatic rings. The summed E-state index contributed by atoms with van der Waals surface area (Å²) in [6, 6.07) is 13.1. The Kier molecular flexibility index (Phi) is 7.57. The summed E-state index contributed by atoms with van der Waals surface area (Å²) in [4.78, 5) is 7.03. The summed E-state index contributed by atoms with van der Waals surface area (Å²) in [6.07, 6.45) is 4.90. The highest BCUT2D eigenvalue weighted by Crippen LogP contribution is 2.17. The van der Waals surface area contributed by atoms with Gasteiger partial charge in [-0.1, -0.05) is 30.3 Å². The summed E-state index contributed by atoms with van der Waals surface area (Å²) < 4.78 is 1.96. The lowest BCUT2D eigenvalue weighted by molar-refractivity contribution is 0.276. The molecule has 0 saturated heterocycles. The van der Waals surface area contributed by atoms with Crippen LogP contribution in [-0.2, 0) is 13.0 Å². The molecule has 0 saturated carbocycles. The molecule has 2 aromatic heterocycles. The predicted octanol–water partition coefficient (Wildman–Crippen LogP) is 3.44. The van der Waals surface area contributed by atoms with E-state index in [0.717, 1.165) is 37.1 Å². The van der Waals surface area contributed by atoms with Crippen molar-refractivity contribution in [3.8, 4) is 0 Å². The second kappa shape index (κ2) is 9.67. The fourth-order valence-corrected chi connectivity index (χ4v) is 3.09. The van der Waals surface area contributed by atoms with E-state index in [4.69, 9.17) is 5.73 Å². The molecule has 140 valence electrons. The summed E-state index contributed by atoms with van der Waals surface area (Å²) in [5.41, 5.74) is 9.32. The number of nitrogens with two attached hydrogens (primary N) is 1. The van der Waals surface area contributed by atoms with Crippen LogP contribution in [0.4, 0.5) is 0 Å². The molecule has 0 amide bonds. The van der Waals surface area contributed by atoms with Crippen molar-refractivity contribution in [2.24, 2.45) is 5.73 Å². The van der Waals surface area contributed by atoms with E-state index in [1.165, 1.54) is 11.1 Å². The second-order valence-corrected chi connectivity index (χ2v) is 6.74. The molecule has 1 aromatic carbocycles. The molecule has 0 spiro atoms. The molecule has 0 fully saturated rings. The van der Waals surface area contributed by atoms with Gasteiger partial charge in [0, 0.05) is 43.8 Å². The summed E-state index contributed by atoms with van der Waals surface area (Å²) in [6.45, 7) is 7.64. The quantitative estimate of drug-likeness (QED) is 0.657.